The quantitative estimate of drug-likeness (QED) is 0.661. The molecule has 0 bridgehead atoms. The van der Waals surface area contributed by atoms with Crippen LogP contribution in [0.15, 0.2) is 12.1 Å². The molecule has 0 amide bonds. The number of rotatable bonds is 3. The zero-order valence-corrected chi connectivity index (χ0v) is 10.7. The molecule has 18 heavy (non-hydrogen) atoms. The van der Waals surface area contributed by atoms with Gasteiger partial charge in [-0.1, -0.05) is 0 Å². The zero-order chi connectivity index (χ0) is 13.1. The highest BCUT2D eigenvalue weighted by molar-refractivity contribution is 5.59. The van der Waals surface area contributed by atoms with Gasteiger partial charge in [-0.05, 0) is 38.3 Å². The molecule has 0 spiro atoms. The number of nitrogens with one attached hydrogen (secondary N) is 1. The van der Waals surface area contributed by atoms with Gasteiger partial charge in [-0.2, -0.15) is 0 Å². The standard InChI is InChI=1S/C13H18N2O3/c1-9-8-13(15(16)17)10(2)7-12(9)14-11-3-5-18-6-4-11/h7-8,11,14H,3-6H2,1-2H3. The Morgan fingerprint density at radius 1 is 1.28 bits per heavy atom. The van der Waals surface area contributed by atoms with Crippen molar-refractivity contribution in [3.8, 4) is 0 Å². The molecule has 5 nitrogen and oxygen atoms in total. The number of aryl methyl sites for hydroxylation is 2. The number of hydrogen-bond donors (Lipinski definition) is 1. The van der Waals surface area contributed by atoms with Crippen molar-refractivity contribution >= 4 is 11.4 Å². The molecule has 98 valence electrons. The maximum absolute atomic E-state index is 10.8. The Labute approximate surface area is 106 Å². The summed E-state index contributed by atoms with van der Waals surface area (Å²) in [5.41, 5.74) is 2.79. The molecule has 1 aliphatic rings. The van der Waals surface area contributed by atoms with E-state index in [-0.39, 0.29) is 10.6 Å². The van der Waals surface area contributed by atoms with Gasteiger partial charge >= 0.3 is 0 Å². The molecule has 0 unspecified atom stereocenters. The number of nitro groups is 1. The fourth-order valence-corrected chi connectivity index (χ4v) is 2.21. The number of hydrogen-bond acceptors (Lipinski definition) is 4. The van der Waals surface area contributed by atoms with E-state index in [1.807, 2.05) is 13.0 Å². The fourth-order valence-electron chi connectivity index (χ4n) is 2.21. The molecular formula is C13H18N2O3. The summed E-state index contributed by atoms with van der Waals surface area (Å²) >= 11 is 0. The molecular weight excluding hydrogens is 232 g/mol. The smallest absolute Gasteiger partial charge is 0.272 e. The normalized spacial score (nSPS) is 16.6. The van der Waals surface area contributed by atoms with Crippen LogP contribution < -0.4 is 5.32 Å². The predicted octanol–water partition coefficient (Wildman–Crippen LogP) is 2.80. The molecule has 0 saturated carbocycles. The van der Waals surface area contributed by atoms with Crippen molar-refractivity contribution in [3.63, 3.8) is 0 Å². The van der Waals surface area contributed by atoms with Gasteiger partial charge in [-0.3, -0.25) is 10.1 Å². The highest BCUT2D eigenvalue weighted by Gasteiger charge is 2.17. The lowest BCUT2D eigenvalue weighted by atomic mass is 10.1. The van der Waals surface area contributed by atoms with E-state index in [1.54, 1.807) is 13.0 Å². The molecule has 1 fully saturated rings. The van der Waals surface area contributed by atoms with Crippen LogP contribution in [0.1, 0.15) is 24.0 Å². The van der Waals surface area contributed by atoms with E-state index in [1.165, 1.54) is 0 Å². The minimum atomic E-state index is -0.333. The maximum atomic E-state index is 10.8. The summed E-state index contributed by atoms with van der Waals surface area (Å²) in [6.45, 7) is 5.23. The van der Waals surface area contributed by atoms with Crippen LogP contribution in [-0.2, 0) is 4.74 Å². The highest BCUT2D eigenvalue weighted by Crippen LogP contribution is 2.27. The van der Waals surface area contributed by atoms with E-state index in [9.17, 15) is 10.1 Å². The van der Waals surface area contributed by atoms with Crippen molar-refractivity contribution in [2.75, 3.05) is 18.5 Å². The van der Waals surface area contributed by atoms with Crippen LogP contribution in [0.5, 0.6) is 0 Å². The van der Waals surface area contributed by atoms with Crippen molar-refractivity contribution in [2.45, 2.75) is 32.7 Å². The van der Waals surface area contributed by atoms with Gasteiger partial charge in [0.15, 0.2) is 0 Å². The van der Waals surface area contributed by atoms with Crippen molar-refractivity contribution in [1.82, 2.24) is 0 Å². The van der Waals surface area contributed by atoms with Gasteiger partial charge in [0.2, 0.25) is 0 Å². The van der Waals surface area contributed by atoms with Crippen molar-refractivity contribution in [2.24, 2.45) is 0 Å². The number of nitrogens with zero attached hydrogens (tertiary/aromatic N) is 1. The van der Waals surface area contributed by atoms with Gasteiger partial charge in [-0.25, -0.2) is 0 Å². The van der Waals surface area contributed by atoms with Crippen LogP contribution in [-0.4, -0.2) is 24.2 Å². The Morgan fingerprint density at radius 3 is 2.56 bits per heavy atom. The molecule has 1 aromatic rings. The molecule has 1 N–H and O–H groups in total. The molecule has 0 aromatic heterocycles. The van der Waals surface area contributed by atoms with Crippen molar-refractivity contribution in [3.05, 3.63) is 33.4 Å². The average molecular weight is 250 g/mol. The first-order chi connectivity index (χ1) is 8.58. The lowest BCUT2D eigenvalue weighted by Gasteiger charge is -2.25. The largest absolute Gasteiger partial charge is 0.382 e. The number of anilines is 1. The Hall–Kier alpha value is -1.62. The van der Waals surface area contributed by atoms with E-state index < -0.39 is 0 Å². The minimum Gasteiger partial charge on any atom is -0.382 e. The third-order valence-electron chi connectivity index (χ3n) is 3.32. The number of nitro benzene ring substituents is 1. The molecule has 0 radical (unpaired) electrons. The second kappa shape index (κ2) is 5.35. The van der Waals surface area contributed by atoms with Crippen LogP contribution in [0.2, 0.25) is 0 Å². The maximum Gasteiger partial charge on any atom is 0.272 e. The first-order valence-corrected chi connectivity index (χ1v) is 6.18. The van der Waals surface area contributed by atoms with Crippen LogP contribution in [0, 0.1) is 24.0 Å². The summed E-state index contributed by atoms with van der Waals surface area (Å²) in [6, 6.07) is 3.90. The molecule has 1 aromatic carbocycles. The van der Waals surface area contributed by atoms with Crippen LogP contribution in [0.25, 0.3) is 0 Å². The average Bonchev–Trinajstić information content (AvgIpc) is 2.34. The summed E-state index contributed by atoms with van der Waals surface area (Å²) < 4.78 is 5.31. The molecule has 1 aliphatic heterocycles. The van der Waals surface area contributed by atoms with Crippen molar-refractivity contribution in [1.29, 1.82) is 0 Å². The lowest BCUT2D eigenvalue weighted by molar-refractivity contribution is -0.385. The molecule has 1 saturated heterocycles. The number of benzene rings is 1. The summed E-state index contributed by atoms with van der Waals surface area (Å²) in [6.07, 6.45) is 1.96. The van der Waals surface area contributed by atoms with E-state index in [2.05, 4.69) is 5.32 Å². The van der Waals surface area contributed by atoms with Gasteiger partial charge in [0.1, 0.15) is 0 Å². The van der Waals surface area contributed by atoms with Crippen LogP contribution >= 0.6 is 0 Å². The Balaban J connectivity index is 2.18. The molecule has 0 atom stereocenters. The minimum absolute atomic E-state index is 0.185. The van der Waals surface area contributed by atoms with Crippen LogP contribution in [0.4, 0.5) is 11.4 Å². The van der Waals surface area contributed by atoms with E-state index in [0.717, 1.165) is 37.3 Å². The second-order valence-electron chi connectivity index (χ2n) is 4.74. The monoisotopic (exact) mass is 250 g/mol. The van der Waals surface area contributed by atoms with Gasteiger partial charge in [0.05, 0.1) is 4.92 Å². The Morgan fingerprint density at radius 2 is 1.94 bits per heavy atom. The zero-order valence-electron chi connectivity index (χ0n) is 10.7. The third kappa shape index (κ3) is 2.79. The Kier molecular flexibility index (Phi) is 3.81. The molecule has 5 heteroatoms. The van der Waals surface area contributed by atoms with E-state index in [0.29, 0.717) is 11.6 Å². The van der Waals surface area contributed by atoms with E-state index in [4.69, 9.17) is 4.74 Å². The molecule has 1 heterocycles. The molecule has 2 rings (SSSR count). The van der Waals surface area contributed by atoms with Gasteiger partial charge in [-0.15, -0.1) is 0 Å². The van der Waals surface area contributed by atoms with Gasteiger partial charge in [0, 0.05) is 36.6 Å². The fraction of sp³-hybridized carbons (Fsp3) is 0.538. The summed E-state index contributed by atoms with van der Waals surface area (Å²) in [4.78, 5) is 10.5. The number of ether oxygens (including phenoxy) is 1. The SMILES string of the molecule is Cc1cc([N+](=O)[O-])c(C)cc1NC1CCOCC1. The first-order valence-electron chi connectivity index (χ1n) is 6.18. The van der Waals surface area contributed by atoms with Crippen LogP contribution in [0.3, 0.4) is 0 Å². The van der Waals surface area contributed by atoms with E-state index >= 15 is 0 Å². The topological polar surface area (TPSA) is 64.4 Å². The Bertz CT molecular complexity index is 454. The molecule has 0 aliphatic carbocycles. The summed E-state index contributed by atoms with van der Waals surface area (Å²) in [5, 5.41) is 14.3. The van der Waals surface area contributed by atoms with Gasteiger partial charge < -0.3 is 10.1 Å². The van der Waals surface area contributed by atoms with Crippen molar-refractivity contribution < 1.29 is 9.66 Å². The summed E-state index contributed by atoms with van der Waals surface area (Å²) in [5.74, 6) is 0. The third-order valence-corrected chi connectivity index (χ3v) is 3.32. The second-order valence-corrected chi connectivity index (χ2v) is 4.74. The summed E-state index contributed by atoms with van der Waals surface area (Å²) in [7, 11) is 0. The lowest BCUT2D eigenvalue weighted by Crippen LogP contribution is -2.28. The first kappa shape index (κ1) is 12.8. The highest BCUT2D eigenvalue weighted by atomic mass is 16.6. The van der Waals surface area contributed by atoms with Gasteiger partial charge in [0.25, 0.3) is 5.69 Å². The predicted molar refractivity (Wildman–Crippen MR) is 70.0 cm³/mol.